The summed E-state index contributed by atoms with van der Waals surface area (Å²) >= 11 is 1.07. The van der Waals surface area contributed by atoms with Gasteiger partial charge in [-0.3, -0.25) is 15.2 Å². The van der Waals surface area contributed by atoms with E-state index in [-0.39, 0.29) is 16.2 Å². The molecule has 182 valence electrons. The molecule has 2 aromatic heterocycles. The molecule has 0 saturated heterocycles. The summed E-state index contributed by atoms with van der Waals surface area (Å²) in [7, 11) is 0. The molecule has 11 heteroatoms. The number of benzene rings is 2. The lowest BCUT2D eigenvalue weighted by Crippen LogP contribution is -2.15. The van der Waals surface area contributed by atoms with Gasteiger partial charge in [0.1, 0.15) is 28.1 Å². The first-order chi connectivity index (χ1) is 16.6. The second-order valence-electron chi connectivity index (χ2n) is 7.80. The average molecular weight is 502 g/mol. The third-order valence-electron chi connectivity index (χ3n) is 5.46. The Balaban J connectivity index is 1.71. The van der Waals surface area contributed by atoms with Gasteiger partial charge in [0.2, 0.25) is 0 Å². The van der Waals surface area contributed by atoms with Crippen LogP contribution in [0.25, 0.3) is 21.6 Å². The summed E-state index contributed by atoms with van der Waals surface area (Å²) in [4.78, 5) is 16.7. The Bertz CT molecular complexity index is 1420. The lowest BCUT2D eigenvalue weighted by Gasteiger charge is -2.19. The normalized spacial score (nSPS) is 13.1. The van der Waals surface area contributed by atoms with Gasteiger partial charge in [-0.25, -0.2) is 4.98 Å². The number of primary amides is 1. The molecule has 5 N–H and O–H groups in total. The van der Waals surface area contributed by atoms with Crippen molar-refractivity contribution < 1.29 is 22.7 Å². The highest BCUT2D eigenvalue weighted by atomic mass is 32.1. The highest BCUT2D eigenvalue weighted by Gasteiger charge is 2.35. The number of nitrogens with one attached hydrogen (secondary N) is 1. The molecule has 0 fully saturated rings. The van der Waals surface area contributed by atoms with Gasteiger partial charge in [0.05, 0.1) is 16.6 Å². The number of allylic oxidation sites excluding steroid dienone is 1. The van der Waals surface area contributed by atoms with Crippen molar-refractivity contribution in [1.29, 1.82) is 0 Å². The van der Waals surface area contributed by atoms with Gasteiger partial charge >= 0.3 is 6.18 Å². The zero-order chi connectivity index (χ0) is 25.3. The van der Waals surface area contributed by atoms with E-state index in [1.54, 1.807) is 23.2 Å². The van der Waals surface area contributed by atoms with E-state index in [2.05, 4.69) is 10.4 Å². The number of ether oxygens (including phenoxy) is 1. The molecular weight excluding hydrogens is 479 g/mol. The fourth-order valence-electron chi connectivity index (χ4n) is 3.75. The monoisotopic (exact) mass is 501 g/mol. The second kappa shape index (κ2) is 9.43. The minimum Gasteiger partial charge on any atom is -0.484 e. The lowest BCUT2D eigenvalue weighted by atomic mass is 10.0. The van der Waals surface area contributed by atoms with Gasteiger partial charge in [-0.1, -0.05) is 24.3 Å². The van der Waals surface area contributed by atoms with Gasteiger partial charge in [-0.05, 0) is 43.2 Å². The quantitative estimate of drug-likeness (QED) is 0.239. The van der Waals surface area contributed by atoms with Crippen molar-refractivity contribution in [3.63, 3.8) is 0 Å². The zero-order valence-corrected chi connectivity index (χ0v) is 19.6. The van der Waals surface area contributed by atoms with Crippen LogP contribution in [0.5, 0.6) is 5.75 Å². The molecule has 4 aromatic rings. The summed E-state index contributed by atoms with van der Waals surface area (Å²) in [5.41, 5.74) is 10.5. The number of thiophene rings is 1. The van der Waals surface area contributed by atoms with Crippen molar-refractivity contribution in [3.8, 4) is 10.8 Å². The topological polar surface area (TPSA) is 108 Å². The van der Waals surface area contributed by atoms with E-state index < -0.39 is 23.8 Å². The fourth-order valence-corrected chi connectivity index (χ4v) is 4.67. The van der Waals surface area contributed by atoms with Gasteiger partial charge in [0.25, 0.3) is 5.91 Å². The Morgan fingerprint density at radius 1 is 1.23 bits per heavy atom. The van der Waals surface area contributed by atoms with E-state index in [9.17, 15) is 18.0 Å². The van der Waals surface area contributed by atoms with Gasteiger partial charge in [0, 0.05) is 17.8 Å². The number of halogens is 3. The summed E-state index contributed by atoms with van der Waals surface area (Å²) in [5.74, 6) is 4.71. The molecule has 1 amide bonds. The molecule has 0 saturated carbocycles. The Morgan fingerprint density at radius 3 is 2.66 bits per heavy atom. The second-order valence-corrected chi connectivity index (χ2v) is 8.83. The summed E-state index contributed by atoms with van der Waals surface area (Å²) in [5, 5.41) is 0.580. The van der Waals surface area contributed by atoms with Crippen LogP contribution in [0.15, 0.2) is 61.1 Å². The van der Waals surface area contributed by atoms with E-state index in [4.69, 9.17) is 16.3 Å². The smallest absolute Gasteiger partial charge is 0.416 e. The number of hydrogen-bond acceptors (Lipinski definition) is 6. The maximum absolute atomic E-state index is 13.5. The number of alkyl halides is 3. The number of carbonyl (C=O) groups is 1. The Kier molecular flexibility index (Phi) is 6.55. The molecule has 1 atom stereocenters. The molecule has 0 spiro atoms. The summed E-state index contributed by atoms with van der Waals surface area (Å²) in [6.07, 6.45) is -2.26. The minimum absolute atomic E-state index is 0.0424. The SMILES string of the molecule is C/C(=C\NN)c1ccc2c(c1)ncn2-c1cc(OC(C)c2ccccc2C(F)(F)F)c(C(N)=O)s1. The van der Waals surface area contributed by atoms with Crippen molar-refractivity contribution in [3.05, 3.63) is 82.6 Å². The molecule has 0 bridgehead atoms. The number of hydrazine groups is 1. The molecule has 0 radical (unpaired) electrons. The van der Waals surface area contributed by atoms with E-state index in [0.29, 0.717) is 10.5 Å². The molecule has 4 rings (SSSR count). The molecule has 1 unspecified atom stereocenters. The van der Waals surface area contributed by atoms with Crippen molar-refractivity contribution in [1.82, 2.24) is 15.0 Å². The predicted molar refractivity (Wildman–Crippen MR) is 129 cm³/mol. The highest BCUT2D eigenvalue weighted by Crippen LogP contribution is 2.39. The third-order valence-corrected chi connectivity index (χ3v) is 6.59. The van der Waals surface area contributed by atoms with Crippen LogP contribution in [0.3, 0.4) is 0 Å². The predicted octanol–water partition coefficient (Wildman–Crippen LogP) is 5.17. The number of carbonyl (C=O) groups excluding carboxylic acids is 1. The molecule has 0 aliphatic carbocycles. The van der Waals surface area contributed by atoms with Gasteiger partial charge < -0.3 is 15.9 Å². The van der Waals surface area contributed by atoms with Crippen molar-refractivity contribution >= 4 is 33.9 Å². The largest absolute Gasteiger partial charge is 0.484 e. The lowest BCUT2D eigenvalue weighted by molar-refractivity contribution is -0.138. The van der Waals surface area contributed by atoms with Crippen LogP contribution in [-0.4, -0.2) is 15.5 Å². The van der Waals surface area contributed by atoms with E-state index in [1.807, 2.05) is 25.1 Å². The van der Waals surface area contributed by atoms with Gasteiger partial charge in [-0.15, -0.1) is 11.3 Å². The standard InChI is InChI=1S/C24H22F3N5O2S/c1-13(11-31-29)15-7-8-19-18(9-15)30-12-32(19)21-10-20(22(35-21)23(28)33)34-14(2)16-5-3-4-6-17(16)24(25,26)27/h3-12,14,31H,29H2,1-2H3,(H2,28,33)/b13-11+. The first kappa shape index (κ1) is 24.3. The number of imidazole rings is 1. The first-order valence-electron chi connectivity index (χ1n) is 10.5. The van der Waals surface area contributed by atoms with Crippen molar-refractivity contribution in [2.45, 2.75) is 26.1 Å². The number of fused-ring (bicyclic) bond motifs is 1. The first-order valence-corrected chi connectivity index (χ1v) is 11.3. The number of rotatable bonds is 7. The average Bonchev–Trinajstić information content (AvgIpc) is 3.42. The Labute approximate surface area is 202 Å². The maximum atomic E-state index is 13.5. The fraction of sp³-hybridized carbons (Fsp3) is 0.167. The zero-order valence-electron chi connectivity index (χ0n) is 18.8. The molecule has 35 heavy (non-hydrogen) atoms. The van der Waals surface area contributed by atoms with Crippen LogP contribution in [-0.2, 0) is 6.18 Å². The highest BCUT2D eigenvalue weighted by molar-refractivity contribution is 7.16. The van der Waals surface area contributed by atoms with Crippen molar-refractivity contribution in [2.75, 3.05) is 0 Å². The third kappa shape index (κ3) is 4.86. The van der Waals surface area contributed by atoms with E-state index in [1.165, 1.54) is 25.1 Å². The number of nitrogens with zero attached hydrogens (tertiary/aromatic N) is 2. The van der Waals surface area contributed by atoms with Crippen LogP contribution in [0.4, 0.5) is 13.2 Å². The number of aromatic nitrogens is 2. The summed E-state index contributed by atoms with van der Waals surface area (Å²) in [6.45, 7) is 3.39. The minimum atomic E-state index is -4.54. The van der Waals surface area contributed by atoms with Gasteiger partial charge in [-0.2, -0.15) is 13.2 Å². The number of amides is 1. The molecule has 0 aliphatic heterocycles. The molecule has 7 nitrogen and oxygen atoms in total. The van der Waals surface area contributed by atoms with E-state index in [0.717, 1.165) is 34.1 Å². The number of nitrogens with two attached hydrogens (primary N) is 2. The van der Waals surface area contributed by atoms with Crippen LogP contribution >= 0.6 is 11.3 Å². The molecular formula is C24H22F3N5O2S. The van der Waals surface area contributed by atoms with E-state index >= 15 is 0 Å². The molecule has 2 aromatic carbocycles. The van der Waals surface area contributed by atoms with Gasteiger partial charge in [0.15, 0.2) is 0 Å². The Morgan fingerprint density at radius 2 is 1.97 bits per heavy atom. The summed E-state index contributed by atoms with van der Waals surface area (Å²) in [6, 6.07) is 12.4. The summed E-state index contributed by atoms with van der Waals surface area (Å²) < 4.78 is 48.0. The van der Waals surface area contributed by atoms with Crippen molar-refractivity contribution in [2.24, 2.45) is 11.6 Å². The van der Waals surface area contributed by atoms with Crippen LogP contribution in [0, 0.1) is 0 Å². The van der Waals surface area contributed by atoms with Crippen LogP contribution < -0.4 is 21.7 Å². The molecule has 0 aliphatic rings. The molecule has 2 heterocycles. The van der Waals surface area contributed by atoms with Crippen LogP contribution in [0.2, 0.25) is 0 Å². The maximum Gasteiger partial charge on any atom is 0.416 e. The number of hydrogen-bond donors (Lipinski definition) is 3. The van der Waals surface area contributed by atoms with Crippen LogP contribution in [0.1, 0.15) is 46.3 Å². The Hall–Kier alpha value is -3.83.